The van der Waals surface area contributed by atoms with Crippen LogP contribution in [-0.2, 0) is 6.54 Å². The van der Waals surface area contributed by atoms with E-state index in [2.05, 4.69) is 46.4 Å². The molecule has 1 aromatic carbocycles. The highest BCUT2D eigenvalue weighted by molar-refractivity contribution is 5.95. The summed E-state index contributed by atoms with van der Waals surface area (Å²) in [7, 11) is 1.44. The summed E-state index contributed by atoms with van der Waals surface area (Å²) in [6.07, 6.45) is 3.21. The van der Waals surface area contributed by atoms with Crippen LogP contribution in [0.15, 0.2) is 36.5 Å². The van der Waals surface area contributed by atoms with E-state index in [1.54, 1.807) is 0 Å². The van der Waals surface area contributed by atoms with Gasteiger partial charge in [-0.2, -0.15) is 0 Å². The van der Waals surface area contributed by atoms with Crippen molar-refractivity contribution in [3.8, 4) is 11.5 Å². The van der Waals surface area contributed by atoms with Crippen LogP contribution < -0.4 is 10.1 Å². The average Bonchev–Trinajstić information content (AvgIpc) is 2.65. The topological polar surface area (TPSA) is 74.7 Å². The Hall–Kier alpha value is -2.60. The number of rotatable bonds is 5. The highest BCUT2D eigenvalue weighted by Crippen LogP contribution is 2.27. The third-order valence-electron chi connectivity index (χ3n) is 4.77. The molecule has 1 saturated heterocycles. The number of hydrogen-bond acceptors (Lipinski definition) is 5. The summed E-state index contributed by atoms with van der Waals surface area (Å²) in [4.78, 5) is 18.8. The summed E-state index contributed by atoms with van der Waals surface area (Å²) in [5, 5.41) is 13.0. The van der Waals surface area contributed by atoms with Gasteiger partial charge < -0.3 is 15.2 Å². The molecule has 6 nitrogen and oxygen atoms in total. The van der Waals surface area contributed by atoms with Gasteiger partial charge in [-0.1, -0.05) is 29.8 Å². The first kappa shape index (κ1) is 18.2. The number of methoxy groups -OCH3 is 1. The molecule has 2 N–H and O–H groups in total. The Morgan fingerprint density at radius 3 is 2.62 bits per heavy atom. The van der Waals surface area contributed by atoms with Gasteiger partial charge in [0.25, 0.3) is 5.91 Å². The van der Waals surface area contributed by atoms with E-state index in [9.17, 15) is 9.90 Å². The molecule has 1 aliphatic rings. The Kier molecular flexibility index (Phi) is 5.73. The lowest BCUT2D eigenvalue weighted by atomic mass is 10.0. The first-order chi connectivity index (χ1) is 12.6. The lowest BCUT2D eigenvalue weighted by Gasteiger charge is -2.32. The number of aryl methyl sites for hydroxylation is 1. The van der Waals surface area contributed by atoms with E-state index < -0.39 is 0 Å². The number of hydrogen-bond donors (Lipinski definition) is 2. The molecule has 0 aliphatic carbocycles. The van der Waals surface area contributed by atoms with Crippen molar-refractivity contribution in [2.45, 2.75) is 32.4 Å². The minimum atomic E-state index is -0.363. The molecule has 0 atom stereocenters. The summed E-state index contributed by atoms with van der Waals surface area (Å²) < 4.78 is 5.03. The predicted molar refractivity (Wildman–Crippen MR) is 99.4 cm³/mol. The molecule has 1 amide bonds. The fourth-order valence-corrected chi connectivity index (χ4v) is 3.21. The van der Waals surface area contributed by atoms with Crippen molar-refractivity contribution in [3.05, 3.63) is 53.3 Å². The lowest BCUT2D eigenvalue weighted by Crippen LogP contribution is -2.44. The van der Waals surface area contributed by atoms with Crippen molar-refractivity contribution in [1.82, 2.24) is 15.2 Å². The summed E-state index contributed by atoms with van der Waals surface area (Å²) in [6.45, 7) is 4.87. The molecule has 0 radical (unpaired) electrons. The van der Waals surface area contributed by atoms with Gasteiger partial charge in [0.05, 0.1) is 7.11 Å². The molecule has 2 heterocycles. The molecule has 6 heteroatoms. The van der Waals surface area contributed by atoms with Crippen LogP contribution in [0.25, 0.3) is 0 Å². The molecule has 2 aromatic rings. The van der Waals surface area contributed by atoms with Crippen LogP contribution in [0, 0.1) is 6.92 Å². The number of likely N-dealkylation sites (tertiary alicyclic amines) is 1. The highest BCUT2D eigenvalue weighted by atomic mass is 16.5. The van der Waals surface area contributed by atoms with Gasteiger partial charge in [0.2, 0.25) is 0 Å². The Bertz CT molecular complexity index is 753. The molecule has 1 aliphatic heterocycles. The number of benzene rings is 1. The molecule has 0 saturated carbocycles. The number of carbonyl (C=O) groups is 1. The number of nitrogens with zero attached hydrogens (tertiary/aromatic N) is 2. The molecule has 0 bridgehead atoms. The Morgan fingerprint density at radius 2 is 1.96 bits per heavy atom. The molecule has 26 heavy (non-hydrogen) atoms. The maximum absolute atomic E-state index is 12.4. The van der Waals surface area contributed by atoms with E-state index in [-0.39, 0.29) is 29.1 Å². The molecule has 1 fully saturated rings. The van der Waals surface area contributed by atoms with Gasteiger partial charge in [-0.05, 0) is 25.3 Å². The van der Waals surface area contributed by atoms with E-state index in [1.807, 2.05) is 0 Å². The Balaban J connectivity index is 1.52. The van der Waals surface area contributed by atoms with Crippen molar-refractivity contribution in [2.24, 2.45) is 0 Å². The average molecular weight is 355 g/mol. The van der Waals surface area contributed by atoms with Gasteiger partial charge in [0.15, 0.2) is 17.2 Å². The number of piperidine rings is 1. The third kappa shape index (κ3) is 4.32. The van der Waals surface area contributed by atoms with E-state index in [0.29, 0.717) is 0 Å². The van der Waals surface area contributed by atoms with Crippen LogP contribution in [0.2, 0.25) is 0 Å². The van der Waals surface area contributed by atoms with Gasteiger partial charge in [-0.25, -0.2) is 4.98 Å². The van der Waals surface area contributed by atoms with E-state index in [1.165, 1.54) is 30.5 Å². The maximum atomic E-state index is 12.4. The summed E-state index contributed by atoms with van der Waals surface area (Å²) in [5.41, 5.74) is 2.58. The summed E-state index contributed by atoms with van der Waals surface area (Å²) in [5.74, 6) is -0.333. The Labute approximate surface area is 153 Å². The van der Waals surface area contributed by atoms with Gasteiger partial charge in [0, 0.05) is 37.9 Å². The lowest BCUT2D eigenvalue weighted by molar-refractivity contribution is 0.0900. The molecular formula is C20H25N3O3. The smallest absolute Gasteiger partial charge is 0.274 e. The number of pyridine rings is 1. The quantitative estimate of drug-likeness (QED) is 0.862. The van der Waals surface area contributed by atoms with Crippen LogP contribution >= 0.6 is 0 Å². The van der Waals surface area contributed by atoms with Gasteiger partial charge in [0.1, 0.15) is 0 Å². The number of ether oxygens (including phenoxy) is 1. The van der Waals surface area contributed by atoms with Crippen molar-refractivity contribution < 1.29 is 14.6 Å². The maximum Gasteiger partial charge on any atom is 0.274 e. The van der Waals surface area contributed by atoms with Crippen LogP contribution in [0.4, 0.5) is 0 Å². The van der Waals surface area contributed by atoms with Crippen LogP contribution in [-0.4, -0.2) is 47.1 Å². The first-order valence-electron chi connectivity index (χ1n) is 8.87. The largest absolute Gasteiger partial charge is 0.503 e. The van der Waals surface area contributed by atoms with E-state index >= 15 is 0 Å². The zero-order valence-corrected chi connectivity index (χ0v) is 15.2. The van der Waals surface area contributed by atoms with E-state index in [4.69, 9.17) is 4.74 Å². The monoisotopic (exact) mass is 355 g/mol. The molecule has 1 aromatic heterocycles. The van der Waals surface area contributed by atoms with Gasteiger partial charge >= 0.3 is 0 Å². The fraction of sp³-hybridized carbons (Fsp3) is 0.400. The van der Waals surface area contributed by atoms with Crippen molar-refractivity contribution in [3.63, 3.8) is 0 Å². The minimum absolute atomic E-state index is 0.00596. The zero-order chi connectivity index (χ0) is 18.5. The number of aromatic hydroxyl groups is 1. The number of amides is 1. The molecular weight excluding hydrogens is 330 g/mol. The van der Waals surface area contributed by atoms with Gasteiger partial charge in [-0.15, -0.1) is 0 Å². The fourth-order valence-electron chi connectivity index (χ4n) is 3.21. The SMILES string of the molecule is COc1ccnc(C(=O)NC2CCN(Cc3ccc(C)cc3)CC2)c1O. The second-order valence-electron chi connectivity index (χ2n) is 6.72. The number of carbonyl (C=O) groups excluding carboxylic acids is 1. The van der Waals surface area contributed by atoms with Crippen LogP contribution in [0.5, 0.6) is 11.5 Å². The Morgan fingerprint density at radius 1 is 1.27 bits per heavy atom. The van der Waals surface area contributed by atoms with Crippen molar-refractivity contribution in [1.29, 1.82) is 0 Å². The third-order valence-corrected chi connectivity index (χ3v) is 4.77. The van der Waals surface area contributed by atoms with Crippen molar-refractivity contribution >= 4 is 5.91 Å². The van der Waals surface area contributed by atoms with Crippen LogP contribution in [0.1, 0.15) is 34.5 Å². The first-order valence-corrected chi connectivity index (χ1v) is 8.87. The minimum Gasteiger partial charge on any atom is -0.503 e. The zero-order valence-electron chi connectivity index (χ0n) is 15.2. The number of aromatic nitrogens is 1. The van der Waals surface area contributed by atoms with Gasteiger partial charge in [-0.3, -0.25) is 9.69 Å². The molecule has 3 rings (SSSR count). The predicted octanol–water partition coefficient (Wildman–Crippen LogP) is 2.50. The molecule has 0 unspecified atom stereocenters. The molecule has 138 valence electrons. The second kappa shape index (κ2) is 8.19. The molecule has 0 spiro atoms. The summed E-state index contributed by atoms with van der Waals surface area (Å²) in [6, 6.07) is 10.2. The van der Waals surface area contributed by atoms with E-state index in [0.717, 1.165) is 32.5 Å². The standard InChI is InChI=1S/C20H25N3O3/c1-14-3-5-15(6-4-14)13-23-11-8-16(9-12-23)22-20(25)18-19(24)17(26-2)7-10-21-18/h3-7,10,16,24H,8-9,11-13H2,1-2H3,(H,22,25). The van der Waals surface area contributed by atoms with Crippen LogP contribution in [0.3, 0.4) is 0 Å². The van der Waals surface area contributed by atoms with Crippen molar-refractivity contribution in [2.75, 3.05) is 20.2 Å². The summed E-state index contributed by atoms with van der Waals surface area (Å²) >= 11 is 0. The number of nitrogens with one attached hydrogen (secondary N) is 1. The highest BCUT2D eigenvalue weighted by Gasteiger charge is 2.23. The normalized spacial score (nSPS) is 15.6. The second-order valence-corrected chi connectivity index (χ2v) is 6.72.